The molecule has 204 valence electrons. The van der Waals surface area contributed by atoms with Crippen LogP contribution in [0.1, 0.15) is 35.7 Å². The van der Waals surface area contributed by atoms with Crippen molar-refractivity contribution >= 4 is 28.7 Å². The van der Waals surface area contributed by atoms with Gasteiger partial charge in [-0.2, -0.15) is 9.97 Å². The molecule has 5 rings (SSSR count). The molecule has 2 aliphatic rings. The topological polar surface area (TPSA) is 130 Å². The molecule has 0 bridgehead atoms. The van der Waals surface area contributed by atoms with Crippen LogP contribution < -0.4 is 9.47 Å². The minimum absolute atomic E-state index is 0.0121. The second-order valence-corrected chi connectivity index (χ2v) is 10.1. The number of aromatic nitrogens is 3. The van der Waals surface area contributed by atoms with E-state index in [9.17, 15) is 23.8 Å². The molecule has 1 amide bonds. The van der Waals surface area contributed by atoms with Crippen LogP contribution in [0.25, 0.3) is 11.2 Å². The number of carbonyl (C=O) groups is 1. The number of likely N-dealkylation sites (N-methyl/N-ethyl adjacent to an activating group) is 1. The Morgan fingerprint density at radius 2 is 2.03 bits per heavy atom. The fourth-order valence-electron chi connectivity index (χ4n) is 4.95. The highest BCUT2D eigenvalue weighted by Gasteiger charge is 2.47. The van der Waals surface area contributed by atoms with Crippen molar-refractivity contribution in [1.29, 1.82) is 0 Å². The first-order valence-electron chi connectivity index (χ1n) is 12.2. The molecule has 1 saturated heterocycles. The minimum Gasteiger partial charge on any atom is -0.471 e. The number of benzene rings is 1. The summed E-state index contributed by atoms with van der Waals surface area (Å²) < 4.78 is 46.6. The molecule has 5 atom stereocenters. The average Bonchev–Trinajstić information content (AvgIpc) is 3.54. The zero-order valence-corrected chi connectivity index (χ0v) is 21.4. The molecule has 1 aliphatic heterocycles. The second-order valence-electron chi connectivity index (χ2n) is 9.69. The van der Waals surface area contributed by atoms with Crippen LogP contribution in [-0.2, 0) is 11.3 Å². The maximum Gasteiger partial charge on any atom is 0.296 e. The Morgan fingerprint density at radius 1 is 1.29 bits per heavy atom. The van der Waals surface area contributed by atoms with Crippen molar-refractivity contribution in [3.8, 4) is 11.9 Å². The minimum atomic E-state index is -0.972. The average molecular weight is 553 g/mol. The first-order valence-corrected chi connectivity index (χ1v) is 12.5. The van der Waals surface area contributed by atoms with Gasteiger partial charge in [0.25, 0.3) is 11.9 Å². The van der Waals surface area contributed by atoms with Gasteiger partial charge in [0.05, 0.1) is 36.0 Å². The Kier molecular flexibility index (Phi) is 7.40. The van der Waals surface area contributed by atoms with E-state index in [4.69, 9.17) is 25.8 Å². The van der Waals surface area contributed by atoms with Crippen LogP contribution in [0.4, 0.5) is 8.78 Å². The summed E-state index contributed by atoms with van der Waals surface area (Å²) in [6.07, 6.45) is -0.254. The van der Waals surface area contributed by atoms with Gasteiger partial charge in [0, 0.05) is 25.1 Å². The fourth-order valence-corrected chi connectivity index (χ4v) is 5.15. The highest BCUT2D eigenvalue weighted by atomic mass is 35.5. The predicted octanol–water partition coefficient (Wildman–Crippen LogP) is 2.84. The highest BCUT2D eigenvalue weighted by molar-refractivity contribution is 6.32. The number of H-pyrrole nitrogens is 1. The summed E-state index contributed by atoms with van der Waals surface area (Å²) in [4.78, 5) is 25.1. The van der Waals surface area contributed by atoms with E-state index in [1.807, 2.05) is 0 Å². The molecule has 1 aromatic carbocycles. The van der Waals surface area contributed by atoms with Crippen molar-refractivity contribution in [2.45, 2.75) is 50.8 Å². The normalized spacial score (nSPS) is 23.4. The van der Waals surface area contributed by atoms with Gasteiger partial charge in [-0.3, -0.25) is 4.79 Å². The van der Waals surface area contributed by atoms with E-state index in [2.05, 4.69) is 15.0 Å². The van der Waals surface area contributed by atoms with Gasteiger partial charge in [0.2, 0.25) is 5.88 Å². The molecule has 38 heavy (non-hydrogen) atoms. The zero-order chi connectivity index (χ0) is 27.1. The van der Waals surface area contributed by atoms with Gasteiger partial charge in [-0.05, 0) is 38.0 Å². The summed E-state index contributed by atoms with van der Waals surface area (Å²) in [5.74, 6) is -2.63. The van der Waals surface area contributed by atoms with Crippen molar-refractivity contribution in [3.63, 3.8) is 0 Å². The lowest BCUT2D eigenvalue weighted by atomic mass is 10.0. The number of aliphatic hydroxyl groups is 2. The predicted molar refractivity (Wildman–Crippen MR) is 131 cm³/mol. The molecule has 2 unspecified atom stereocenters. The number of ether oxygens (including phenoxy) is 3. The van der Waals surface area contributed by atoms with E-state index in [-0.39, 0.29) is 59.4 Å². The first kappa shape index (κ1) is 26.5. The number of fused-ring (bicyclic) bond motifs is 2. The van der Waals surface area contributed by atoms with Crippen LogP contribution in [0, 0.1) is 17.6 Å². The third-order valence-corrected chi connectivity index (χ3v) is 7.06. The Morgan fingerprint density at radius 3 is 2.74 bits per heavy atom. The summed E-state index contributed by atoms with van der Waals surface area (Å²) >= 11 is 6.28. The Labute approximate surface area is 221 Å². The lowest BCUT2D eigenvalue weighted by Gasteiger charge is -2.19. The molecule has 1 saturated carbocycles. The SMILES string of the molecule is CC(O)CN(C)C(=O)c1cc(F)c(COc2nc3nc(O[C@@H]4CCC5[C@H](O)CO[C@@H]54)[nH]c3cc2Cl)c(F)c1. The molecule has 0 radical (unpaired) electrons. The quantitative estimate of drug-likeness (QED) is 0.389. The summed E-state index contributed by atoms with van der Waals surface area (Å²) in [6.45, 7) is 1.26. The molecule has 3 N–H and O–H groups in total. The van der Waals surface area contributed by atoms with Gasteiger partial charge in [-0.25, -0.2) is 8.78 Å². The van der Waals surface area contributed by atoms with Gasteiger partial charge in [-0.15, -0.1) is 0 Å². The van der Waals surface area contributed by atoms with Crippen LogP contribution in [0.2, 0.25) is 5.02 Å². The molecule has 2 aromatic heterocycles. The van der Waals surface area contributed by atoms with E-state index >= 15 is 0 Å². The first-order chi connectivity index (χ1) is 18.1. The van der Waals surface area contributed by atoms with Crippen molar-refractivity contribution < 1.29 is 38.0 Å². The number of carbonyl (C=O) groups excluding carboxylic acids is 1. The third-order valence-electron chi connectivity index (χ3n) is 6.79. The molecule has 3 aromatic rings. The number of aliphatic hydroxyl groups excluding tert-OH is 2. The summed E-state index contributed by atoms with van der Waals surface area (Å²) in [5.41, 5.74) is 0.100. The van der Waals surface area contributed by atoms with Crippen LogP contribution in [0.3, 0.4) is 0 Å². The number of imidazole rings is 1. The van der Waals surface area contributed by atoms with E-state index < -0.39 is 41.9 Å². The second kappa shape index (κ2) is 10.6. The van der Waals surface area contributed by atoms with E-state index in [0.717, 1.165) is 18.6 Å². The van der Waals surface area contributed by atoms with E-state index in [1.54, 1.807) is 0 Å². The molecular formula is C25H27ClF2N4O6. The number of halogens is 3. The number of aromatic amines is 1. The maximum absolute atomic E-state index is 14.7. The highest BCUT2D eigenvalue weighted by Crippen LogP contribution is 2.38. The van der Waals surface area contributed by atoms with E-state index in [1.165, 1.54) is 24.9 Å². The zero-order valence-electron chi connectivity index (χ0n) is 20.7. The Hall–Kier alpha value is -3.06. The maximum atomic E-state index is 14.7. The van der Waals surface area contributed by atoms with Crippen LogP contribution in [-0.4, -0.2) is 80.6 Å². The standard InChI is InChI=1S/C25H27ClF2N4O6/c1-11(33)8-32(2)24(35)12-5-16(27)14(17(28)6-12)9-37-23-15(26)7-18-22(30-23)31-25(29-18)38-20-4-3-13-19(34)10-36-21(13)20/h5-7,11,13,19-21,33-34H,3-4,8-10H2,1-2H3,(H,29,30,31)/t11?,13?,19-,20-,21+/m1/s1. The van der Waals surface area contributed by atoms with E-state index in [0.29, 0.717) is 11.9 Å². The summed E-state index contributed by atoms with van der Waals surface area (Å²) in [6, 6.07) is 3.55. The van der Waals surface area contributed by atoms with Crippen molar-refractivity contribution in [1.82, 2.24) is 19.9 Å². The molecule has 0 spiro atoms. The van der Waals surface area contributed by atoms with Gasteiger partial charge in [0.1, 0.15) is 29.4 Å². The number of hydrogen-bond donors (Lipinski definition) is 3. The lowest BCUT2D eigenvalue weighted by Crippen LogP contribution is -2.33. The van der Waals surface area contributed by atoms with Crippen molar-refractivity contribution in [3.05, 3.63) is 46.0 Å². The molecule has 13 heteroatoms. The van der Waals surface area contributed by atoms with Crippen LogP contribution in [0.5, 0.6) is 11.9 Å². The molecule has 1 aliphatic carbocycles. The Bertz CT molecular complexity index is 1330. The number of pyridine rings is 1. The van der Waals surface area contributed by atoms with Crippen molar-refractivity contribution in [2.75, 3.05) is 20.2 Å². The number of amides is 1. The van der Waals surface area contributed by atoms with Crippen LogP contribution >= 0.6 is 11.6 Å². The fraction of sp³-hybridized carbons (Fsp3) is 0.480. The summed E-state index contributed by atoms with van der Waals surface area (Å²) in [7, 11) is 1.43. The number of nitrogens with zero attached hydrogens (tertiary/aromatic N) is 3. The van der Waals surface area contributed by atoms with Gasteiger partial charge in [0.15, 0.2) is 5.65 Å². The van der Waals surface area contributed by atoms with Gasteiger partial charge >= 0.3 is 0 Å². The molecular weight excluding hydrogens is 526 g/mol. The molecule has 10 nitrogen and oxygen atoms in total. The van der Waals surface area contributed by atoms with Crippen LogP contribution in [0.15, 0.2) is 18.2 Å². The largest absolute Gasteiger partial charge is 0.471 e. The van der Waals surface area contributed by atoms with Gasteiger partial charge in [-0.1, -0.05) is 11.6 Å². The van der Waals surface area contributed by atoms with Gasteiger partial charge < -0.3 is 34.3 Å². The smallest absolute Gasteiger partial charge is 0.296 e. The molecule has 2 fully saturated rings. The monoisotopic (exact) mass is 552 g/mol. The summed E-state index contributed by atoms with van der Waals surface area (Å²) in [5, 5.41) is 19.5. The number of hydrogen-bond acceptors (Lipinski definition) is 8. The molecule has 3 heterocycles. The number of nitrogens with one attached hydrogen (secondary N) is 1. The number of rotatable bonds is 8. The van der Waals surface area contributed by atoms with Crippen molar-refractivity contribution in [2.24, 2.45) is 5.92 Å². The lowest BCUT2D eigenvalue weighted by molar-refractivity contribution is 0.0135. The third kappa shape index (κ3) is 5.26. The Balaban J connectivity index is 1.28.